The molecule has 5 heteroatoms. The summed E-state index contributed by atoms with van der Waals surface area (Å²) in [6.45, 7) is 0.273. The molecule has 4 nitrogen and oxygen atoms in total. The van der Waals surface area contributed by atoms with E-state index in [0.29, 0.717) is 17.0 Å². The van der Waals surface area contributed by atoms with Gasteiger partial charge in [-0.15, -0.1) is 0 Å². The van der Waals surface area contributed by atoms with E-state index in [1.54, 1.807) is 30.3 Å². The first-order chi connectivity index (χ1) is 10.0. The Kier molecular flexibility index (Phi) is 4.56. The Morgan fingerprint density at radius 2 is 1.95 bits per heavy atom. The quantitative estimate of drug-likeness (QED) is 0.654. The summed E-state index contributed by atoms with van der Waals surface area (Å²) in [6, 6.07) is 11.0. The number of carbonyl (C=O) groups is 1. The summed E-state index contributed by atoms with van der Waals surface area (Å²) in [5.74, 6) is -0.829. The molecule has 0 aliphatic heterocycles. The third kappa shape index (κ3) is 4.35. The van der Waals surface area contributed by atoms with Gasteiger partial charge in [-0.3, -0.25) is 0 Å². The lowest BCUT2D eigenvalue weighted by atomic mass is 10.1. The number of hydrogen-bond donors (Lipinski definition) is 2. The zero-order chi connectivity index (χ0) is 15.2. The highest BCUT2D eigenvalue weighted by molar-refractivity contribution is 5.85. The van der Waals surface area contributed by atoms with Crippen molar-refractivity contribution in [3.05, 3.63) is 65.5 Å². The van der Waals surface area contributed by atoms with Crippen molar-refractivity contribution in [1.82, 2.24) is 0 Å². The predicted octanol–water partition coefficient (Wildman–Crippen LogP) is 3.08. The van der Waals surface area contributed by atoms with Crippen LogP contribution in [0.5, 0.6) is 5.75 Å². The van der Waals surface area contributed by atoms with Crippen molar-refractivity contribution in [3.63, 3.8) is 0 Å². The molecule has 0 unspecified atom stereocenters. The molecule has 0 atom stereocenters. The number of hydrogen-bond acceptors (Lipinski definition) is 3. The van der Waals surface area contributed by atoms with Gasteiger partial charge in [0.25, 0.3) is 0 Å². The molecule has 0 saturated heterocycles. The number of nitrogen functional groups attached to an aromatic ring is 1. The monoisotopic (exact) mass is 287 g/mol. The second-order valence-corrected chi connectivity index (χ2v) is 4.38. The highest BCUT2D eigenvalue weighted by Crippen LogP contribution is 2.24. The van der Waals surface area contributed by atoms with E-state index in [1.807, 2.05) is 0 Å². The van der Waals surface area contributed by atoms with Crippen LogP contribution in [-0.2, 0) is 11.4 Å². The van der Waals surface area contributed by atoms with Crippen LogP contribution in [0.2, 0.25) is 0 Å². The summed E-state index contributed by atoms with van der Waals surface area (Å²) >= 11 is 0. The van der Waals surface area contributed by atoms with E-state index in [9.17, 15) is 9.18 Å². The van der Waals surface area contributed by atoms with Gasteiger partial charge in [-0.05, 0) is 41.5 Å². The number of halogens is 1. The number of aliphatic carboxylic acids is 1. The number of anilines is 1. The highest BCUT2D eigenvalue weighted by Gasteiger charge is 2.02. The van der Waals surface area contributed by atoms with Gasteiger partial charge in [-0.1, -0.05) is 18.2 Å². The molecule has 0 aromatic heterocycles. The molecule has 0 bridgehead atoms. The molecule has 108 valence electrons. The maximum absolute atomic E-state index is 12.8. The number of carboxylic acids is 1. The third-order valence-corrected chi connectivity index (χ3v) is 2.76. The second kappa shape index (κ2) is 6.56. The lowest BCUT2D eigenvalue weighted by Crippen LogP contribution is -1.99. The van der Waals surface area contributed by atoms with Crippen molar-refractivity contribution in [1.29, 1.82) is 0 Å². The molecule has 2 rings (SSSR count). The summed E-state index contributed by atoms with van der Waals surface area (Å²) < 4.78 is 18.3. The fraction of sp³-hybridized carbons (Fsp3) is 0.0625. The molecular weight excluding hydrogens is 273 g/mol. The molecule has 2 aromatic rings. The van der Waals surface area contributed by atoms with E-state index in [4.69, 9.17) is 15.6 Å². The molecule has 0 saturated carbocycles. The van der Waals surface area contributed by atoms with Gasteiger partial charge in [0.1, 0.15) is 18.2 Å². The minimum absolute atomic E-state index is 0.273. The largest absolute Gasteiger partial charge is 0.487 e. The first kappa shape index (κ1) is 14.6. The summed E-state index contributed by atoms with van der Waals surface area (Å²) in [7, 11) is 0. The van der Waals surface area contributed by atoms with Crippen molar-refractivity contribution < 1.29 is 19.0 Å². The SMILES string of the molecule is Nc1cc(/C=C\C(=O)O)ccc1OCc1ccc(F)cc1. The lowest BCUT2D eigenvalue weighted by Gasteiger charge is -2.09. The van der Waals surface area contributed by atoms with Crippen LogP contribution in [0.25, 0.3) is 6.08 Å². The van der Waals surface area contributed by atoms with Crippen LogP contribution in [0.15, 0.2) is 48.5 Å². The third-order valence-electron chi connectivity index (χ3n) is 2.76. The number of carboxylic acid groups (broad SMARTS) is 1. The van der Waals surface area contributed by atoms with Gasteiger partial charge in [-0.25, -0.2) is 9.18 Å². The van der Waals surface area contributed by atoms with Crippen molar-refractivity contribution in [2.45, 2.75) is 6.61 Å². The second-order valence-electron chi connectivity index (χ2n) is 4.38. The van der Waals surface area contributed by atoms with Gasteiger partial charge in [0.2, 0.25) is 0 Å². The lowest BCUT2D eigenvalue weighted by molar-refractivity contribution is -0.131. The van der Waals surface area contributed by atoms with Crippen LogP contribution in [0.4, 0.5) is 10.1 Å². The maximum Gasteiger partial charge on any atom is 0.328 e. The van der Waals surface area contributed by atoms with Gasteiger partial charge >= 0.3 is 5.97 Å². The van der Waals surface area contributed by atoms with Gasteiger partial charge in [0, 0.05) is 6.08 Å². The first-order valence-corrected chi connectivity index (χ1v) is 6.22. The topological polar surface area (TPSA) is 72.6 Å². The zero-order valence-corrected chi connectivity index (χ0v) is 11.1. The Morgan fingerprint density at radius 3 is 2.57 bits per heavy atom. The Balaban J connectivity index is 2.04. The zero-order valence-electron chi connectivity index (χ0n) is 11.1. The summed E-state index contributed by atoms with van der Waals surface area (Å²) in [5, 5.41) is 8.56. The molecule has 0 aliphatic rings. The van der Waals surface area contributed by atoms with E-state index in [-0.39, 0.29) is 12.4 Å². The molecule has 0 spiro atoms. The molecule has 21 heavy (non-hydrogen) atoms. The standard InChI is InChI=1S/C16H14FNO3/c17-13-5-1-12(2-6-13)10-21-15-7-3-11(9-14(15)18)4-8-16(19)20/h1-9H,10,18H2,(H,19,20)/b8-4-. The summed E-state index contributed by atoms with van der Waals surface area (Å²) in [5.41, 5.74) is 7.75. The molecule has 0 fully saturated rings. The van der Waals surface area contributed by atoms with Gasteiger partial charge < -0.3 is 15.6 Å². The van der Waals surface area contributed by atoms with E-state index in [2.05, 4.69) is 0 Å². The van der Waals surface area contributed by atoms with Crippen LogP contribution in [-0.4, -0.2) is 11.1 Å². The summed E-state index contributed by atoms with van der Waals surface area (Å²) in [6.07, 6.45) is 2.48. The average Bonchev–Trinajstić information content (AvgIpc) is 2.46. The minimum Gasteiger partial charge on any atom is -0.487 e. The van der Waals surface area contributed by atoms with Gasteiger partial charge in [-0.2, -0.15) is 0 Å². The van der Waals surface area contributed by atoms with Crippen molar-refractivity contribution in [2.75, 3.05) is 5.73 Å². The van der Waals surface area contributed by atoms with Crippen molar-refractivity contribution in [2.24, 2.45) is 0 Å². The molecule has 0 aliphatic carbocycles. The van der Waals surface area contributed by atoms with Gasteiger partial charge in [0.15, 0.2) is 0 Å². The molecular formula is C16H14FNO3. The normalized spacial score (nSPS) is 10.7. The number of benzene rings is 2. The number of nitrogens with two attached hydrogens (primary N) is 1. The van der Waals surface area contributed by atoms with E-state index in [0.717, 1.165) is 11.6 Å². The van der Waals surface area contributed by atoms with E-state index in [1.165, 1.54) is 18.2 Å². The van der Waals surface area contributed by atoms with Crippen LogP contribution in [0.1, 0.15) is 11.1 Å². The Bertz CT molecular complexity index is 666. The molecule has 3 N–H and O–H groups in total. The van der Waals surface area contributed by atoms with Crippen molar-refractivity contribution in [3.8, 4) is 5.75 Å². The average molecular weight is 287 g/mol. The van der Waals surface area contributed by atoms with Crippen LogP contribution in [0.3, 0.4) is 0 Å². The minimum atomic E-state index is -1.02. The van der Waals surface area contributed by atoms with E-state index >= 15 is 0 Å². The number of ether oxygens (including phenoxy) is 1. The van der Waals surface area contributed by atoms with Crippen molar-refractivity contribution >= 4 is 17.7 Å². The molecule has 0 amide bonds. The Labute approximate surface area is 121 Å². The fourth-order valence-corrected chi connectivity index (χ4v) is 1.71. The van der Waals surface area contributed by atoms with Gasteiger partial charge in [0.05, 0.1) is 5.69 Å². The van der Waals surface area contributed by atoms with Crippen LogP contribution < -0.4 is 10.5 Å². The smallest absolute Gasteiger partial charge is 0.328 e. The highest BCUT2D eigenvalue weighted by atomic mass is 19.1. The van der Waals surface area contributed by atoms with Crippen LogP contribution in [0, 0.1) is 5.82 Å². The van der Waals surface area contributed by atoms with Crippen LogP contribution >= 0.6 is 0 Å². The van der Waals surface area contributed by atoms with E-state index < -0.39 is 5.97 Å². The first-order valence-electron chi connectivity index (χ1n) is 6.22. The number of rotatable bonds is 5. The Morgan fingerprint density at radius 1 is 1.24 bits per heavy atom. The Hall–Kier alpha value is -2.82. The molecule has 0 heterocycles. The molecule has 0 radical (unpaired) electrons. The molecule has 2 aromatic carbocycles. The maximum atomic E-state index is 12.8. The summed E-state index contributed by atoms with van der Waals surface area (Å²) in [4.78, 5) is 10.4. The predicted molar refractivity (Wildman–Crippen MR) is 78.3 cm³/mol. The fourth-order valence-electron chi connectivity index (χ4n) is 1.71.